The molecule has 0 aliphatic carbocycles. The van der Waals surface area contributed by atoms with Crippen molar-refractivity contribution in [2.45, 2.75) is 6.92 Å². The van der Waals surface area contributed by atoms with Gasteiger partial charge in [-0.3, -0.25) is 15.2 Å². The molecule has 0 saturated heterocycles. The van der Waals surface area contributed by atoms with E-state index in [4.69, 9.17) is 11.6 Å². The van der Waals surface area contributed by atoms with E-state index in [1.54, 1.807) is 13.0 Å². The summed E-state index contributed by atoms with van der Waals surface area (Å²) in [5, 5.41) is 17.7. The first-order valence-corrected chi connectivity index (χ1v) is 4.26. The average molecular weight is 212 g/mol. The van der Waals surface area contributed by atoms with Crippen LogP contribution in [0.2, 0.25) is 5.15 Å². The highest BCUT2D eigenvalue weighted by molar-refractivity contribution is 6.35. The number of hydrogen-bond donors (Lipinski definition) is 1. The van der Waals surface area contributed by atoms with Crippen LogP contribution in [0, 0.1) is 17.0 Å². The van der Waals surface area contributed by atoms with Gasteiger partial charge in [0.2, 0.25) is 0 Å². The van der Waals surface area contributed by atoms with E-state index < -0.39 is 4.92 Å². The number of rotatable bonds is 1. The maximum Gasteiger partial charge on any atom is 0.282 e. The van der Waals surface area contributed by atoms with E-state index in [1.807, 2.05) is 0 Å². The predicted molar refractivity (Wildman–Crippen MR) is 52.5 cm³/mol. The second-order valence-electron chi connectivity index (χ2n) is 2.97. The number of nitro benzene ring substituents is 1. The third-order valence-electron chi connectivity index (χ3n) is 1.93. The summed E-state index contributed by atoms with van der Waals surface area (Å²) in [4.78, 5) is 10.3. The number of nitrogens with zero attached hydrogens (tertiary/aromatic N) is 2. The summed E-state index contributed by atoms with van der Waals surface area (Å²) in [6, 6.07) is 3.22. The van der Waals surface area contributed by atoms with Crippen molar-refractivity contribution in [3.8, 4) is 0 Å². The van der Waals surface area contributed by atoms with E-state index in [9.17, 15) is 10.1 Å². The molecule has 0 spiro atoms. The fraction of sp³-hybridized carbons (Fsp3) is 0.125. The summed E-state index contributed by atoms with van der Waals surface area (Å²) < 4.78 is 0. The van der Waals surface area contributed by atoms with Gasteiger partial charge in [-0.15, -0.1) is 0 Å². The number of aromatic nitrogens is 2. The molecule has 5 nitrogen and oxygen atoms in total. The molecule has 1 aromatic carbocycles. The molecule has 0 fully saturated rings. The summed E-state index contributed by atoms with van der Waals surface area (Å²) in [7, 11) is 0. The van der Waals surface area contributed by atoms with Crippen molar-refractivity contribution < 1.29 is 4.92 Å². The van der Waals surface area contributed by atoms with E-state index in [1.165, 1.54) is 6.07 Å². The number of non-ortho nitro benzene ring substituents is 1. The van der Waals surface area contributed by atoms with Gasteiger partial charge in [-0.25, -0.2) is 0 Å². The Kier molecular flexibility index (Phi) is 1.89. The van der Waals surface area contributed by atoms with Crippen molar-refractivity contribution in [2.75, 3.05) is 0 Å². The summed E-state index contributed by atoms with van der Waals surface area (Å²) >= 11 is 5.75. The topological polar surface area (TPSA) is 71.8 Å². The van der Waals surface area contributed by atoms with Gasteiger partial charge in [-0.05, 0) is 18.6 Å². The fourth-order valence-corrected chi connectivity index (χ4v) is 1.61. The van der Waals surface area contributed by atoms with Crippen molar-refractivity contribution in [2.24, 2.45) is 0 Å². The highest BCUT2D eigenvalue weighted by Crippen LogP contribution is 2.31. The van der Waals surface area contributed by atoms with Crippen molar-refractivity contribution in [3.05, 3.63) is 33.0 Å². The number of nitro groups is 1. The average Bonchev–Trinajstić information content (AvgIpc) is 2.46. The predicted octanol–water partition coefficient (Wildman–Crippen LogP) is 2.43. The molecule has 6 heteroatoms. The zero-order valence-electron chi connectivity index (χ0n) is 7.24. The SMILES string of the molecule is Cc1cc([N+](=O)[O-])c2c(Cl)[nH]nc2c1. The van der Waals surface area contributed by atoms with Gasteiger partial charge < -0.3 is 0 Å². The van der Waals surface area contributed by atoms with Crippen LogP contribution in [-0.4, -0.2) is 15.1 Å². The van der Waals surface area contributed by atoms with E-state index in [-0.39, 0.29) is 10.8 Å². The van der Waals surface area contributed by atoms with Crippen LogP contribution in [0.25, 0.3) is 10.9 Å². The van der Waals surface area contributed by atoms with Gasteiger partial charge in [0.1, 0.15) is 16.1 Å². The molecule has 0 aliphatic rings. The van der Waals surface area contributed by atoms with Crippen molar-refractivity contribution in [1.29, 1.82) is 0 Å². The van der Waals surface area contributed by atoms with Gasteiger partial charge in [-0.1, -0.05) is 11.6 Å². The summed E-state index contributed by atoms with van der Waals surface area (Å²) in [5.74, 6) is 0. The van der Waals surface area contributed by atoms with Crippen LogP contribution in [-0.2, 0) is 0 Å². The smallest absolute Gasteiger partial charge is 0.266 e. The van der Waals surface area contributed by atoms with Crippen molar-refractivity contribution >= 4 is 28.2 Å². The van der Waals surface area contributed by atoms with Crippen molar-refractivity contribution in [1.82, 2.24) is 10.2 Å². The highest BCUT2D eigenvalue weighted by atomic mass is 35.5. The molecule has 0 amide bonds. The summed E-state index contributed by atoms with van der Waals surface area (Å²) in [6.07, 6.45) is 0. The van der Waals surface area contributed by atoms with E-state index >= 15 is 0 Å². The first-order valence-electron chi connectivity index (χ1n) is 3.88. The molecule has 2 aromatic rings. The largest absolute Gasteiger partial charge is 0.282 e. The standard InChI is InChI=1S/C8H6ClN3O2/c1-4-2-5-7(8(9)11-10-5)6(3-4)12(13)14/h2-3H,1H3,(H,10,11). The van der Waals surface area contributed by atoms with Gasteiger partial charge in [0.25, 0.3) is 5.69 Å². The quantitative estimate of drug-likeness (QED) is 0.582. The number of nitrogens with one attached hydrogen (secondary N) is 1. The number of aryl methyl sites for hydroxylation is 1. The Bertz CT molecular complexity index is 521. The van der Waals surface area contributed by atoms with E-state index in [2.05, 4.69) is 10.2 Å². The molecule has 0 atom stereocenters. The number of halogens is 1. The lowest BCUT2D eigenvalue weighted by Gasteiger charge is -1.95. The van der Waals surface area contributed by atoms with Crippen LogP contribution >= 0.6 is 11.6 Å². The second kappa shape index (κ2) is 2.95. The normalized spacial score (nSPS) is 10.7. The van der Waals surface area contributed by atoms with Gasteiger partial charge in [0, 0.05) is 6.07 Å². The summed E-state index contributed by atoms with van der Waals surface area (Å²) in [6.45, 7) is 1.77. The van der Waals surface area contributed by atoms with Gasteiger partial charge >= 0.3 is 0 Å². The number of H-pyrrole nitrogens is 1. The Balaban J connectivity index is 2.90. The Morgan fingerprint density at radius 3 is 2.93 bits per heavy atom. The lowest BCUT2D eigenvalue weighted by Crippen LogP contribution is -1.89. The van der Waals surface area contributed by atoms with Gasteiger partial charge in [-0.2, -0.15) is 5.10 Å². The second-order valence-corrected chi connectivity index (χ2v) is 3.35. The molecule has 14 heavy (non-hydrogen) atoms. The van der Waals surface area contributed by atoms with E-state index in [0.29, 0.717) is 10.9 Å². The third kappa shape index (κ3) is 1.22. The fourth-order valence-electron chi connectivity index (χ4n) is 1.37. The molecule has 0 saturated carbocycles. The zero-order valence-corrected chi connectivity index (χ0v) is 8.00. The lowest BCUT2D eigenvalue weighted by atomic mass is 10.1. The van der Waals surface area contributed by atoms with Crippen LogP contribution in [0.1, 0.15) is 5.56 Å². The first-order chi connectivity index (χ1) is 6.59. The molecular weight excluding hydrogens is 206 g/mol. The number of hydrogen-bond acceptors (Lipinski definition) is 3. The highest BCUT2D eigenvalue weighted by Gasteiger charge is 2.17. The van der Waals surface area contributed by atoms with E-state index in [0.717, 1.165) is 5.56 Å². The van der Waals surface area contributed by atoms with Crippen LogP contribution < -0.4 is 0 Å². The first kappa shape index (κ1) is 8.96. The van der Waals surface area contributed by atoms with Crippen LogP contribution in [0.5, 0.6) is 0 Å². The minimum Gasteiger partial charge on any atom is -0.266 e. The monoisotopic (exact) mass is 211 g/mol. The van der Waals surface area contributed by atoms with Crippen LogP contribution in [0.4, 0.5) is 5.69 Å². The maximum absolute atomic E-state index is 10.7. The Hall–Kier alpha value is -1.62. The molecule has 0 aliphatic heterocycles. The van der Waals surface area contributed by atoms with Gasteiger partial charge in [0.15, 0.2) is 0 Å². The molecule has 0 radical (unpaired) electrons. The molecular formula is C8H6ClN3O2. The maximum atomic E-state index is 10.7. The zero-order chi connectivity index (χ0) is 10.3. The molecule has 1 N–H and O–H groups in total. The molecule has 2 rings (SSSR count). The third-order valence-corrected chi connectivity index (χ3v) is 2.21. The molecule has 1 aromatic heterocycles. The molecule has 0 bridgehead atoms. The van der Waals surface area contributed by atoms with Gasteiger partial charge in [0.05, 0.1) is 4.92 Å². The van der Waals surface area contributed by atoms with Crippen molar-refractivity contribution in [3.63, 3.8) is 0 Å². The summed E-state index contributed by atoms with van der Waals surface area (Å²) in [5.41, 5.74) is 1.29. The number of aromatic amines is 1. The lowest BCUT2D eigenvalue weighted by molar-refractivity contribution is -0.383. The molecule has 0 unspecified atom stereocenters. The Morgan fingerprint density at radius 1 is 1.57 bits per heavy atom. The Morgan fingerprint density at radius 2 is 2.29 bits per heavy atom. The molecule has 72 valence electrons. The Labute approximate surface area is 83.8 Å². The van der Waals surface area contributed by atoms with Crippen LogP contribution in [0.3, 0.4) is 0 Å². The minimum absolute atomic E-state index is 0.0150. The number of fused-ring (bicyclic) bond motifs is 1. The minimum atomic E-state index is -0.462. The van der Waals surface area contributed by atoms with Crippen LogP contribution in [0.15, 0.2) is 12.1 Å². The number of benzene rings is 1. The molecule has 1 heterocycles.